The van der Waals surface area contributed by atoms with Gasteiger partial charge in [-0.05, 0) is 38.7 Å². The van der Waals surface area contributed by atoms with Crippen molar-refractivity contribution in [1.82, 2.24) is 9.80 Å². The quantitative estimate of drug-likeness (QED) is 0.897. The number of carboxylic acids is 1. The van der Waals surface area contributed by atoms with Gasteiger partial charge in [-0.3, -0.25) is 0 Å². The summed E-state index contributed by atoms with van der Waals surface area (Å²) in [7, 11) is 3.98. The number of carboxylic acid groups (broad SMARTS) is 1. The molecule has 1 unspecified atom stereocenters. The van der Waals surface area contributed by atoms with Gasteiger partial charge in [0.25, 0.3) is 0 Å². The maximum atomic E-state index is 12.2. The van der Waals surface area contributed by atoms with E-state index in [0.29, 0.717) is 24.8 Å². The zero-order chi connectivity index (χ0) is 15.6. The van der Waals surface area contributed by atoms with E-state index >= 15 is 0 Å². The summed E-state index contributed by atoms with van der Waals surface area (Å²) < 4.78 is 0. The Morgan fingerprint density at radius 3 is 2.67 bits per heavy atom. The summed E-state index contributed by atoms with van der Waals surface area (Å²) in [6.07, 6.45) is 0.927. The molecule has 0 bridgehead atoms. The smallest absolute Gasteiger partial charge is 0.335 e. The Hall–Kier alpha value is -1.79. The highest BCUT2D eigenvalue weighted by Gasteiger charge is 2.27. The van der Waals surface area contributed by atoms with Crippen LogP contribution in [-0.2, 0) is 0 Å². The van der Waals surface area contributed by atoms with Crippen molar-refractivity contribution in [2.24, 2.45) is 0 Å². The normalized spacial score (nSPS) is 18.1. The molecular weight excluding hydrogens is 294 g/mol. The van der Waals surface area contributed by atoms with Crippen molar-refractivity contribution in [3.8, 4) is 0 Å². The van der Waals surface area contributed by atoms with Crippen LogP contribution in [-0.4, -0.2) is 60.1 Å². The largest absolute Gasteiger partial charge is 0.478 e. The number of nitrogens with one attached hydrogen (secondary N) is 1. The monoisotopic (exact) mass is 311 g/mol. The van der Waals surface area contributed by atoms with Crippen LogP contribution in [0.4, 0.5) is 10.5 Å². The molecule has 1 aliphatic heterocycles. The highest BCUT2D eigenvalue weighted by atomic mass is 35.5. The zero-order valence-corrected chi connectivity index (χ0v) is 12.7. The van der Waals surface area contributed by atoms with Gasteiger partial charge in [0.15, 0.2) is 0 Å². The topological polar surface area (TPSA) is 72.9 Å². The first kappa shape index (κ1) is 15.6. The third kappa shape index (κ3) is 3.86. The van der Waals surface area contributed by atoms with Crippen molar-refractivity contribution < 1.29 is 14.7 Å². The molecule has 0 aliphatic carbocycles. The van der Waals surface area contributed by atoms with Crippen molar-refractivity contribution in [3.63, 3.8) is 0 Å². The molecule has 1 aromatic carbocycles. The van der Waals surface area contributed by atoms with Crippen LogP contribution in [0, 0.1) is 0 Å². The zero-order valence-electron chi connectivity index (χ0n) is 12.0. The number of halogens is 1. The molecule has 1 fully saturated rings. The van der Waals surface area contributed by atoms with Crippen molar-refractivity contribution in [2.45, 2.75) is 12.5 Å². The van der Waals surface area contributed by atoms with Crippen LogP contribution < -0.4 is 5.32 Å². The summed E-state index contributed by atoms with van der Waals surface area (Å²) >= 11 is 5.87. The van der Waals surface area contributed by atoms with Gasteiger partial charge in [0.05, 0.1) is 5.56 Å². The minimum absolute atomic E-state index is 0.0467. The molecule has 1 saturated heterocycles. The molecule has 1 heterocycles. The van der Waals surface area contributed by atoms with Gasteiger partial charge in [-0.25, -0.2) is 9.59 Å². The molecule has 2 amide bonds. The first-order valence-electron chi connectivity index (χ1n) is 6.63. The van der Waals surface area contributed by atoms with Gasteiger partial charge in [0.1, 0.15) is 0 Å². The minimum Gasteiger partial charge on any atom is -0.478 e. The number of urea groups is 1. The van der Waals surface area contributed by atoms with E-state index in [1.165, 1.54) is 18.2 Å². The molecule has 1 aromatic rings. The van der Waals surface area contributed by atoms with Crippen molar-refractivity contribution >= 4 is 29.3 Å². The predicted octanol–water partition coefficient (Wildman–Crippen LogP) is 2.21. The average molecular weight is 312 g/mol. The summed E-state index contributed by atoms with van der Waals surface area (Å²) in [6, 6.07) is 4.39. The molecular formula is C14H18ClN3O3. The Balaban J connectivity index is 2.05. The number of nitrogens with zero attached hydrogens (tertiary/aromatic N) is 2. The molecule has 0 radical (unpaired) electrons. The number of rotatable bonds is 3. The van der Waals surface area contributed by atoms with E-state index < -0.39 is 5.97 Å². The number of benzene rings is 1. The highest BCUT2D eigenvalue weighted by Crippen LogP contribution is 2.21. The van der Waals surface area contributed by atoms with Crippen LogP contribution >= 0.6 is 11.6 Å². The van der Waals surface area contributed by atoms with Gasteiger partial charge >= 0.3 is 12.0 Å². The van der Waals surface area contributed by atoms with Gasteiger partial charge in [-0.1, -0.05) is 11.6 Å². The Labute approximate surface area is 128 Å². The first-order valence-corrected chi connectivity index (χ1v) is 7.01. The van der Waals surface area contributed by atoms with E-state index in [0.717, 1.165) is 6.42 Å². The second kappa shape index (κ2) is 6.32. The molecule has 21 heavy (non-hydrogen) atoms. The lowest BCUT2D eigenvalue weighted by atomic mass is 10.2. The van der Waals surface area contributed by atoms with Crippen molar-refractivity contribution in [1.29, 1.82) is 0 Å². The lowest BCUT2D eigenvalue weighted by Crippen LogP contribution is -2.36. The number of hydrogen-bond donors (Lipinski definition) is 2. The van der Waals surface area contributed by atoms with E-state index in [4.69, 9.17) is 16.7 Å². The van der Waals surface area contributed by atoms with Crippen molar-refractivity contribution in [3.05, 3.63) is 28.8 Å². The fraction of sp³-hybridized carbons (Fsp3) is 0.429. The molecule has 2 rings (SSSR count). The van der Waals surface area contributed by atoms with Gasteiger partial charge in [-0.2, -0.15) is 0 Å². The van der Waals surface area contributed by atoms with Gasteiger partial charge in [0, 0.05) is 29.8 Å². The highest BCUT2D eigenvalue weighted by molar-refractivity contribution is 6.31. The first-order chi connectivity index (χ1) is 9.86. The number of carbonyl (C=O) groups excluding carboxylic acids is 1. The summed E-state index contributed by atoms with van der Waals surface area (Å²) in [4.78, 5) is 27.0. The molecule has 2 N–H and O–H groups in total. The molecule has 114 valence electrons. The number of likely N-dealkylation sites (N-methyl/N-ethyl adjacent to an activating group) is 1. The van der Waals surface area contributed by atoms with Gasteiger partial charge in [0.2, 0.25) is 0 Å². The van der Waals surface area contributed by atoms with Crippen LogP contribution in [0.25, 0.3) is 0 Å². The molecule has 6 nitrogen and oxygen atoms in total. The Morgan fingerprint density at radius 1 is 1.38 bits per heavy atom. The second-order valence-corrected chi connectivity index (χ2v) is 5.75. The fourth-order valence-electron chi connectivity index (χ4n) is 2.34. The number of amides is 2. The molecule has 0 spiro atoms. The fourth-order valence-corrected chi connectivity index (χ4v) is 2.57. The summed E-state index contributed by atoms with van der Waals surface area (Å²) in [6.45, 7) is 1.34. The number of hydrogen-bond acceptors (Lipinski definition) is 3. The Bertz CT molecular complexity index is 562. The van der Waals surface area contributed by atoms with E-state index in [-0.39, 0.29) is 16.6 Å². The van der Waals surface area contributed by atoms with Crippen LogP contribution in [0.2, 0.25) is 5.02 Å². The molecule has 0 saturated carbocycles. The maximum Gasteiger partial charge on any atom is 0.335 e. The summed E-state index contributed by atoms with van der Waals surface area (Å²) in [5.74, 6) is -1.08. The van der Waals surface area contributed by atoms with Crippen LogP contribution in [0.15, 0.2) is 18.2 Å². The number of carbonyl (C=O) groups is 2. The number of anilines is 1. The lowest BCUT2D eigenvalue weighted by molar-refractivity contribution is 0.0697. The van der Waals surface area contributed by atoms with Crippen LogP contribution in [0.5, 0.6) is 0 Å². The van der Waals surface area contributed by atoms with Crippen LogP contribution in [0.3, 0.4) is 0 Å². The Morgan fingerprint density at radius 2 is 2.10 bits per heavy atom. The van der Waals surface area contributed by atoms with E-state index in [1.807, 2.05) is 14.1 Å². The van der Waals surface area contributed by atoms with Crippen molar-refractivity contribution in [2.75, 3.05) is 32.5 Å². The van der Waals surface area contributed by atoms with E-state index in [1.54, 1.807) is 4.90 Å². The summed E-state index contributed by atoms with van der Waals surface area (Å²) in [5, 5.41) is 12.0. The molecule has 1 aliphatic rings. The maximum absolute atomic E-state index is 12.2. The predicted molar refractivity (Wildman–Crippen MR) is 81.1 cm³/mol. The third-order valence-corrected chi connectivity index (χ3v) is 3.80. The Kier molecular flexibility index (Phi) is 4.69. The van der Waals surface area contributed by atoms with E-state index in [2.05, 4.69) is 10.2 Å². The minimum atomic E-state index is -1.08. The van der Waals surface area contributed by atoms with Crippen LogP contribution in [0.1, 0.15) is 16.8 Å². The SMILES string of the molecule is CN(C)C1CCN(C(=O)Nc2cc(Cl)cc(C(=O)O)c2)C1. The van der Waals surface area contributed by atoms with E-state index in [9.17, 15) is 9.59 Å². The molecule has 0 aromatic heterocycles. The van der Waals surface area contributed by atoms with Gasteiger partial charge in [-0.15, -0.1) is 0 Å². The lowest BCUT2D eigenvalue weighted by Gasteiger charge is -2.20. The molecule has 1 atom stereocenters. The summed E-state index contributed by atoms with van der Waals surface area (Å²) in [5.41, 5.74) is 0.434. The molecule has 7 heteroatoms. The number of aromatic carboxylic acids is 1. The average Bonchev–Trinajstić information content (AvgIpc) is 2.87. The third-order valence-electron chi connectivity index (χ3n) is 3.58. The number of likely N-dealkylation sites (tertiary alicyclic amines) is 1. The standard InChI is InChI=1S/C14H18ClN3O3/c1-17(2)12-3-4-18(8-12)14(21)16-11-6-9(13(19)20)5-10(15)7-11/h5-7,12H,3-4,8H2,1-2H3,(H,16,21)(H,19,20). The van der Waals surface area contributed by atoms with Gasteiger partial charge < -0.3 is 20.2 Å². The second-order valence-electron chi connectivity index (χ2n) is 5.32.